The van der Waals surface area contributed by atoms with E-state index in [1.807, 2.05) is 24.0 Å². The Morgan fingerprint density at radius 3 is 2.37 bits per heavy atom. The maximum atomic E-state index is 11.6. The van der Waals surface area contributed by atoms with Gasteiger partial charge in [-0.25, -0.2) is 8.42 Å². The van der Waals surface area contributed by atoms with Gasteiger partial charge in [0.15, 0.2) is 9.84 Å². The molecule has 0 aliphatic rings. The summed E-state index contributed by atoms with van der Waals surface area (Å²) in [5.74, 6) is 0. The van der Waals surface area contributed by atoms with Gasteiger partial charge in [-0.2, -0.15) is 5.10 Å². The lowest BCUT2D eigenvalue weighted by atomic mass is 10.1. The molecule has 1 N–H and O–H groups in total. The van der Waals surface area contributed by atoms with Gasteiger partial charge in [-0.3, -0.25) is 4.68 Å². The first kappa shape index (κ1) is 16.2. The highest BCUT2D eigenvalue weighted by Gasteiger charge is 2.30. The number of hydrogen-bond donors (Lipinski definition) is 1. The number of nitrogens with one attached hydrogen (secondary N) is 1. The minimum Gasteiger partial charge on any atom is -0.309 e. The van der Waals surface area contributed by atoms with E-state index in [9.17, 15) is 8.42 Å². The number of hydrogen-bond acceptors (Lipinski definition) is 4. The van der Waals surface area contributed by atoms with E-state index < -0.39 is 14.6 Å². The van der Waals surface area contributed by atoms with E-state index >= 15 is 0 Å². The zero-order valence-corrected chi connectivity index (χ0v) is 13.5. The van der Waals surface area contributed by atoms with E-state index in [4.69, 9.17) is 0 Å². The Morgan fingerprint density at radius 1 is 1.37 bits per heavy atom. The molecule has 0 spiro atoms. The summed E-state index contributed by atoms with van der Waals surface area (Å²) >= 11 is 0. The topological polar surface area (TPSA) is 64.0 Å². The van der Waals surface area contributed by atoms with Crippen LogP contribution in [0.25, 0.3) is 0 Å². The van der Waals surface area contributed by atoms with E-state index in [2.05, 4.69) is 24.3 Å². The lowest BCUT2D eigenvalue weighted by Gasteiger charge is -2.25. The van der Waals surface area contributed by atoms with Crippen LogP contribution in [0.1, 0.15) is 52.3 Å². The highest BCUT2D eigenvalue weighted by Crippen LogP contribution is 2.18. The predicted molar refractivity (Wildman–Crippen MR) is 78.0 cm³/mol. The number of aromatic nitrogens is 2. The van der Waals surface area contributed by atoms with Gasteiger partial charge in [0.2, 0.25) is 0 Å². The average molecular weight is 287 g/mol. The molecule has 0 amide bonds. The van der Waals surface area contributed by atoms with Crippen LogP contribution in [0.4, 0.5) is 0 Å². The Morgan fingerprint density at radius 2 is 1.95 bits per heavy atom. The van der Waals surface area contributed by atoms with Crippen LogP contribution >= 0.6 is 0 Å². The summed E-state index contributed by atoms with van der Waals surface area (Å²) in [5.41, 5.74) is 1.07. The Balaban J connectivity index is 2.68. The van der Waals surface area contributed by atoms with Crippen molar-refractivity contribution in [3.05, 3.63) is 18.0 Å². The zero-order chi connectivity index (χ0) is 14.8. The molecule has 0 aromatic carbocycles. The van der Waals surface area contributed by atoms with Crippen LogP contribution in [0, 0.1) is 0 Å². The standard InChI is InChI=1S/C13H25N3O2S/c1-10(2)16-8-12(7-15-16)11(3)14-9-13(4,5)19(6,17)18/h7-8,10-11,14H,9H2,1-6H3. The second-order valence-electron chi connectivity index (χ2n) is 5.98. The molecule has 1 heterocycles. The molecule has 1 aromatic rings. The van der Waals surface area contributed by atoms with Gasteiger partial charge in [0, 0.05) is 36.6 Å². The highest BCUT2D eigenvalue weighted by molar-refractivity contribution is 7.92. The first-order valence-electron chi connectivity index (χ1n) is 6.51. The Bertz CT molecular complexity index is 518. The van der Waals surface area contributed by atoms with E-state index in [0.29, 0.717) is 12.6 Å². The smallest absolute Gasteiger partial charge is 0.153 e. The lowest BCUT2D eigenvalue weighted by Crippen LogP contribution is -2.42. The molecule has 0 saturated carbocycles. The third kappa shape index (κ3) is 4.04. The Kier molecular flexibility index (Phi) is 4.79. The molecule has 0 fully saturated rings. The van der Waals surface area contributed by atoms with Crippen LogP contribution in [0.2, 0.25) is 0 Å². The van der Waals surface area contributed by atoms with Crippen molar-refractivity contribution in [2.24, 2.45) is 0 Å². The molecular weight excluding hydrogens is 262 g/mol. The molecule has 0 aliphatic heterocycles. The van der Waals surface area contributed by atoms with Crippen molar-refractivity contribution in [1.82, 2.24) is 15.1 Å². The molecule has 0 aliphatic carbocycles. The monoisotopic (exact) mass is 287 g/mol. The van der Waals surface area contributed by atoms with Gasteiger partial charge in [0.1, 0.15) is 0 Å². The van der Waals surface area contributed by atoms with Crippen molar-refractivity contribution in [3.63, 3.8) is 0 Å². The molecule has 6 heteroatoms. The number of rotatable bonds is 6. The molecule has 0 saturated heterocycles. The van der Waals surface area contributed by atoms with Gasteiger partial charge in [-0.05, 0) is 34.6 Å². The van der Waals surface area contributed by atoms with Crippen molar-refractivity contribution in [2.45, 2.75) is 51.4 Å². The second-order valence-corrected chi connectivity index (χ2v) is 8.63. The SMILES string of the molecule is CC(NCC(C)(C)S(C)(=O)=O)c1cnn(C(C)C)c1. The first-order valence-corrected chi connectivity index (χ1v) is 8.41. The third-order valence-electron chi connectivity index (χ3n) is 3.49. The predicted octanol–water partition coefficient (Wildman–Crippen LogP) is 1.94. The molecular formula is C13H25N3O2S. The normalized spacial score (nSPS) is 14.9. The maximum absolute atomic E-state index is 11.6. The summed E-state index contributed by atoms with van der Waals surface area (Å²) < 4.78 is 24.4. The van der Waals surface area contributed by atoms with Crippen LogP contribution in [0.15, 0.2) is 12.4 Å². The first-order chi connectivity index (χ1) is 8.54. The summed E-state index contributed by atoms with van der Waals surface area (Å²) in [5, 5.41) is 7.55. The van der Waals surface area contributed by atoms with Crippen molar-refractivity contribution in [2.75, 3.05) is 12.8 Å². The van der Waals surface area contributed by atoms with Gasteiger partial charge in [0.25, 0.3) is 0 Å². The summed E-state index contributed by atoms with van der Waals surface area (Å²) in [6.45, 7) is 10.0. The summed E-state index contributed by atoms with van der Waals surface area (Å²) in [6, 6.07) is 0.405. The fraction of sp³-hybridized carbons (Fsp3) is 0.769. The lowest BCUT2D eigenvalue weighted by molar-refractivity contribution is 0.487. The molecule has 1 unspecified atom stereocenters. The molecule has 110 valence electrons. The van der Waals surface area contributed by atoms with Gasteiger partial charge in [-0.15, -0.1) is 0 Å². The molecule has 5 nitrogen and oxygen atoms in total. The molecule has 1 atom stereocenters. The summed E-state index contributed by atoms with van der Waals surface area (Å²) in [7, 11) is -3.07. The number of nitrogens with zero attached hydrogens (tertiary/aromatic N) is 2. The third-order valence-corrected chi connectivity index (χ3v) is 5.64. The average Bonchev–Trinajstić information content (AvgIpc) is 2.73. The quantitative estimate of drug-likeness (QED) is 0.868. The van der Waals surface area contributed by atoms with Crippen molar-refractivity contribution in [3.8, 4) is 0 Å². The highest BCUT2D eigenvalue weighted by atomic mass is 32.2. The van der Waals surface area contributed by atoms with Gasteiger partial charge in [0.05, 0.1) is 10.9 Å². The van der Waals surface area contributed by atoms with Crippen LogP contribution < -0.4 is 5.32 Å². The Hall–Kier alpha value is -0.880. The van der Waals surface area contributed by atoms with Gasteiger partial charge >= 0.3 is 0 Å². The molecule has 19 heavy (non-hydrogen) atoms. The fourth-order valence-corrected chi connectivity index (χ4v) is 1.85. The van der Waals surface area contributed by atoms with Crippen LogP contribution in [-0.2, 0) is 9.84 Å². The van der Waals surface area contributed by atoms with E-state index in [-0.39, 0.29) is 6.04 Å². The largest absolute Gasteiger partial charge is 0.309 e. The van der Waals surface area contributed by atoms with Crippen molar-refractivity contribution in [1.29, 1.82) is 0 Å². The fourth-order valence-electron chi connectivity index (χ4n) is 1.51. The van der Waals surface area contributed by atoms with E-state index in [1.54, 1.807) is 13.8 Å². The minimum atomic E-state index is -3.07. The van der Waals surface area contributed by atoms with Crippen molar-refractivity contribution < 1.29 is 8.42 Å². The maximum Gasteiger partial charge on any atom is 0.153 e. The van der Waals surface area contributed by atoms with Gasteiger partial charge < -0.3 is 5.32 Å². The van der Waals surface area contributed by atoms with Crippen LogP contribution in [0.5, 0.6) is 0 Å². The second kappa shape index (κ2) is 5.63. The minimum absolute atomic E-state index is 0.0773. The molecule has 1 aromatic heterocycles. The molecule has 1 rings (SSSR count). The van der Waals surface area contributed by atoms with E-state index in [1.165, 1.54) is 6.26 Å². The Labute approximate surface area is 116 Å². The summed E-state index contributed by atoms with van der Waals surface area (Å²) in [4.78, 5) is 0. The van der Waals surface area contributed by atoms with E-state index in [0.717, 1.165) is 5.56 Å². The van der Waals surface area contributed by atoms with Gasteiger partial charge in [-0.1, -0.05) is 0 Å². The summed E-state index contributed by atoms with van der Waals surface area (Å²) in [6.07, 6.45) is 5.09. The molecule has 0 radical (unpaired) electrons. The molecule has 0 bridgehead atoms. The zero-order valence-electron chi connectivity index (χ0n) is 12.6. The van der Waals surface area contributed by atoms with Crippen LogP contribution in [-0.4, -0.2) is 35.7 Å². The van der Waals surface area contributed by atoms with Crippen LogP contribution in [0.3, 0.4) is 0 Å². The van der Waals surface area contributed by atoms with Crippen molar-refractivity contribution >= 4 is 9.84 Å². The number of sulfone groups is 1.